The molecule has 2 rings (SSSR count). The minimum absolute atomic E-state index is 0.0687. The second kappa shape index (κ2) is 6.32. The number of non-ortho nitro benzene ring substituents is 1. The van der Waals surface area contributed by atoms with Crippen LogP contribution in [0.1, 0.15) is 5.56 Å². The zero-order valence-electron chi connectivity index (χ0n) is 11.4. The minimum atomic E-state index is -4.01. The molecule has 0 spiro atoms. The Morgan fingerprint density at radius 1 is 0.957 bits per heavy atom. The summed E-state index contributed by atoms with van der Waals surface area (Å²) in [5, 5.41) is 21.6. The van der Waals surface area contributed by atoms with E-state index in [2.05, 4.69) is 4.40 Å². The van der Waals surface area contributed by atoms with Crippen LogP contribution in [0.15, 0.2) is 57.8 Å². The zero-order valence-corrected chi connectivity index (χ0v) is 12.2. The van der Waals surface area contributed by atoms with Crippen LogP contribution in [0.3, 0.4) is 0 Å². The first kappa shape index (κ1) is 16.2. The third-order valence-electron chi connectivity index (χ3n) is 2.79. The summed E-state index contributed by atoms with van der Waals surface area (Å²) in [7, 11) is -4.01. The second-order valence-corrected chi connectivity index (χ2v) is 5.91. The Balaban J connectivity index is 2.44. The average Bonchev–Trinajstić information content (AvgIpc) is 2.53. The monoisotopic (exact) mass is 335 g/mol. The van der Waals surface area contributed by atoms with Gasteiger partial charge in [-0.25, -0.2) is 0 Å². The van der Waals surface area contributed by atoms with Gasteiger partial charge in [-0.05, 0) is 18.2 Å². The third kappa shape index (κ3) is 3.74. The molecule has 118 valence electrons. The van der Waals surface area contributed by atoms with Gasteiger partial charge in [-0.2, -0.15) is 12.8 Å². The average molecular weight is 335 g/mol. The molecular weight excluding hydrogens is 326 g/mol. The molecule has 9 nitrogen and oxygen atoms in total. The predicted octanol–water partition coefficient (Wildman–Crippen LogP) is 2.31. The number of nitro benzene ring substituents is 2. The standard InChI is InChI=1S/C13H9N3O6S/c17-15(18)11-7-6-10(13(8-11)16(19)20)9-14-23(21,22)12-4-2-1-3-5-12/h1-9H/b14-9+. The lowest BCUT2D eigenvalue weighted by Crippen LogP contribution is -2.00. The van der Waals surface area contributed by atoms with Gasteiger partial charge in [-0.15, -0.1) is 0 Å². The van der Waals surface area contributed by atoms with Crippen molar-refractivity contribution in [2.24, 2.45) is 4.40 Å². The van der Waals surface area contributed by atoms with Crippen LogP contribution < -0.4 is 0 Å². The highest BCUT2D eigenvalue weighted by molar-refractivity contribution is 7.90. The second-order valence-electron chi connectivity index (χ2n) is 4.28. The Hall–Kier alpha value is -3.14. The van der Waals surface area contributed by atoms with Gasteiger partial charge >= 0.3 is 0 Å². The maximum atomic E-state index is 12.0. The highest BCUT2D eigenvalue weighted by Gasteiger charge is 2.19. The SMILES string of the molecule is O=[N+]([O-])c1ccc(/C=N/S(=O)(=O)c2ccccc2)c([N+](=O)[O-])c1. The molecule has 2 aromatic rings. The van der Waals surface area contributed by atoms with Gasteiger partial charge in [-0.3, -0.25) is 20.2 Å². The third-order valence-corrected chi connectivity index (χ3v) is 4.04. The first-order valence-electron chi connectivity index (χ1n) is 6.09. The molecule has 23 heavy (non-hydrogen) atoms. The maximum Gasteiger partial charge on any atom is 0.285 e. The van der Waals surface area contributed by atoms with Crippen LogP contribution in [-0.4, -0.2) is 24.5 Å². The highest BCUT2D eigenvalue weighted by atomic mass is 32.2. The largest absolute Gasteiger partial charge is 0.285 e. The molecule has 0 aliphatic heterocycles. The molecule has 0 saturated heterocycles. The molecule has 0 bridgehead atoms. The van der Waals surface area contributed by atoms with Crippen molar-refractivity contribution in [1.82, 2.24) is 0 Å². The van der Waals surface area contributed by atoms with Crippen LogP contribution in [0.25, 0.3) is 0 Å². The van der Waals surface area contributed by atoms with Gasteiger partial charge in [0.25, 0.3) is 21.4 Å². The smallest absolute Gasteiger partial charge is 0.258 e. The Kier molecular flexibility index (Phi) is 4.46. The predicted molar refractivity (Wildman–Crippen MR) is 81.0 cm³/mol. The number of sulfonamides is 1. The first-order chi connectivity index (χ1) is 10.8. The molecule has 0 unspecified atom stereocenters. The molecule has 0 atom stereocenters. The van der Waals surface area contributed by atoms with Crippen LogP contribution in [0.2, 0.25) is 0 Å². The summed E-state index contributed by atoms with van der Waals surface area (Å²) in [6, 6.07) is 10.2. The summed E-state index contributed by atoms with van der Waals surface area (Å²) in [5.74, 6) is 0. The number of nitro groups is 2. The fourth-order valence-corrected chi connectivity index (χ4v) is 2.57. The van der Waals surface area contributed by atoms with Crippen molar-refractivity contribution in [2.45, 2.75) is 4.90 Å². The van der Waals surface area contributed by atoms with Crippen molar-refractivity contribution in [3.05, 3.63) is 74.3 Å². The lowest BCUT2D eigenvalue weighted by atomic mass is 10.2. The van der Waals surface area contributed by atoms with Gasteiger partial charge in [0.05, 0.1) is 32.6 Å². The van der Waals surface area contributed by atoms with Gasteiger partial charge in [0.15, 0.2) is 0 Å². The van der Waals surface area contributed by atoms with E-state index in [1.165, 1.54) is 24.3 Å². The number of nitrogens with zero attached hydrogens (tertiary/aromatic N) is 3. The van der Waals surface area contributed by atoms with Crippen molar-refractivity contribution in [3.8, 4) is 0 Å². The summed E-state index contributed by atoms with van der Waals surface area (Å²) in [5.41, 5.74) is -1.23. The van der Waals surface area contributed by atoms with Gasteiger partial charge < -0.3 is 0 Å². The van der Waals surface area contributed by atoms with E-state index in [9.17, 15) is 28.6 Å². The quantitative estimate of drug-likeness (QED) is 0.467. The molecule has 2 aromatic carbocycles. The number of rotatable bonds is 5. The fraction of sp³-hybridized carbons (Fsp3) is 0. The molecular formula is C13H9N3O6S. The van der Waals surface area contributed by atoms with E-state index in [-0.39, 0.29) is 10.5 Å². The molecule has 0 amide bonds. The van der Waals surface area contributed by atoms with Crippen LogP contribution in [0.4, 0.5) is 11.4 Å². The summed E-state index contributed by atoms with van der Waals surface area (Å²) in [6.45, 7) is 0. The van der Waals surface area contributed by atoms with Crippen molar-refractivity contribution in [1.29, 1.82) is 0 Å². The van der Waals surface area contributed by atoms with Gasteiger partial charge in [0.1, 0.15) is 0 Å². The van der Waals surface area contributed by atoms with Crippen molar-refractivity contribution in [3.63, 3.8) is 0 Å². The Bertz CT molecular complexity index is 893. The number of hydrogen-bond donors (Lipinski definition) is 0. The number of benzene rings is 2. The van der Waals surface area contributed by atoms with E-state index in [4.69, 9.17) is 0 Å². The molecule has 0 saturated carbocycles. The van der Waals surface area contributed by atoms with E-state index >= 15 is 0 Å². The molecule has 0 aliphatic rings. The summed E-state index contributed by atoms with van der Waals surface area (Å²) >= 11 is 0. The lowest BCUT2D eigenvalue weighted by Gasteiger charge is -1.99. The van der Waals surface area contributed by atoms with Crippen LogP contribution in [-0.2, 0) is 10.0 Å². The lowest BCUT2D eigenvalue weighted by molar-refractivity contribution is -0.394. The van der Waals surface area contributed by atoms with Crippen LogP contribution >= 0.6 is 0 Å². The number of hydrogen-bond acceptors (Lipinski definition) is 6. The minimum Gasteiger partial charge on any atom is -0.258 e. The van der Waals surface area contributed by atoms with Crippen molar-refractivity contribution in [2.75, 3.05) is 0 Å². The molecule has 0 N–H and O–H groups in total. The van der Waals surface area contributed by atoms with Crippen molar-refractivity contribution >= 4 is 27.6 Å². The van der Waals surface area contributed by atoms with Crippen LogP contribution in [0, 0.1) is 20.2 Å². The maximum absolute atomic E-state index is 12.0. The van der Waals surface area contributed by atoms with Gasteiger partial charge in [0, 0.05) is 6.07 Å². The first-order valence-corrected chi connectivity index (χ1v) is 7.53. The van der Waals surface area contributed by atoms with E-state index in [0.717, 1.165) is 24.4 Å². The summed E-state index contributed by atoms with van der Waals surface area (Å²) in [4.78, 5) is 19.9. The molecule has 0 radical (unpaired) electrons. The fourth-order valence-electron chi connectivity index (χ4n) is 1.69. The van der Waals surface area contributed by atoms with E-state index in [1.807, 2.05) is 0 Å². The Morgan fingerprint density at radius 3 is 2.17 bits per heavy atom. The normalized spacial score (nSPS) is 11.5. The molecule has 0 fully saturated rings. The van der Waals surface area contributed by atoms with Crippen molar-refractivity contribution < 1.29 is 18.3 Å². The van der Waals surface area contributed by atoms with E-state index < -0.39 is 31.2 Å². The van der Waals surface area contributed by atoms with Gasteiger partial charge in [-0.1, -0.05) is 18.2 Å². The van der Waals surface area contributed by atoms with Crippen LogP contribution in [0.5, 0.6) is 0 Å². The Labute approximate surface area is 130 Å². The highest BCUT2D eigenvalue weighted by Crippen LogP contribution is 2.23. The van der Waals surface area contributed by atoms with Gasteiger partial charge in [0.2, 0.25) is 0 Å². The van der Waals surface area contributed by atoms with E-state index in [0.29, 0.717) is 0 Å². The summed E-state index contributed by atoms with van der Waals surface area (Å²) in [6.07, 6.45) is 0.796. The molecule has 0 aromatic heterocycles. The molecule has 0 heterocycles. The Morgan fingerprint density at radius 2 is 1.61 bits per heavy atom. The van der Waals surface area contributed by atoms with E-state index in [1.54, 1.807) is 6.07 Å². The molecule has 10 heteroatoms. The summed E-state index contributed by atoms with van der Waals surface area (Å²) < 4.78 is 27.4. The zero-order chi connectivity index (χ0) is 17.0. The topological polar surface area (TPSA) is 133 Å². The molecule has 0 aliphatic carbocycles.